The normalized spacial score (nSPS) is 18.8. The molecule has 2 aliphatic rings. The Hall–Kier alpha value is -3.36. The Labute approximate surface area is 216 Å². The molecule has 2 heterocycles. The lowest BCUT2D eigenvalue weighted by atomic mass is 9.94. The van der Waals surface area contributed by atoms with Gasteiger partial charge >= 0.3 is 12.0 Å². The first kappa shape index (κ1) is 25.7. The number of rotatable bonds is 6. The lowest BCUT2D eigenvalue weighted by Gasteiger charge is -2.39. The van der Waals surface area contributed by atoms with E-state index in [1.54, 1.807) is 32.2 Å². The molecule has 4 rings (SSSR count). The minimum atomic E-state index is -0.721. The molecule has 1 unspecified atom stereocenters. The van der Waals surface area contributed by atoms with Crippen LogP contribution >= 0.6 is 11.6 Å². The van der Waals surface area contributed by atoms with Crippen molar-refractivity contribution in [2.75, 3.05) is 46.4 Å². The number of ether oxygens (including phenoxy) is 1. The van der Waals surface area contributed by atoms with Gasteiger partial charge in [0.25, 0.3) is 5.91 Å². The van der Waals surface area contributed by atoms with Gasteiger partial charge in [0.15, 0.2) is 0 Å². The summed E-state index contributed by atoms with van der Waals surface area (Å²) in [7, 11) is 1.64. The van der Waals surface area contributed by atoms with Crippen molar-refractivity contribution < 1.29 is 19.1 Å². The van der Waals surface area contributed by atoms with Crippen LogP contribution in [0.15, 0.2) is 59.8 Å². The summed E-state index contributed by atoms with van der Waals surface area (Å²) in [6.45, 7) is 6.65. The van der Waals surface area contributed by atoms with Crippen LogP contribution in [0.4, 0.5) is 4.79 Å². The minimum Gasteiger partial charge on any atom is -0.463 e. The molecule has 2 aliphatic heterocycles. The fraction of sp³-hybridized carbons (Fsp3) is 0.370. The van der Waals surface area contributed by atoms with Crippen LogP contribution in [0.2, 0.25) is 5.02 Å². The van der Waals surface area contributed by atoms with E-state index in [-0.39, 0.29) is 18.5 Å². The molecule has 2 aromatic rings. The van der Waals surface area contributed by atoms with Crippen molar-refractivity contribution in [3.05, 3.63) is 81.5 Å². The number of benzene rings is 2. The maximum atomic E-state index is 13.1. The van der Waals surface area contributed by atoms with Crippen molar-refractivity contribution in [2.45, 2.75) is 19.9 Å². The molecule has 1 saturated heterocycles. The smallest absolute Gasteiger partial charge is 0.338 e. The van der Waals surface area contributed by atoms with E-state index < -0.39 is 12.0 Å². The minimum absolute atomic E-state index is 0.00836. The van der Waals surface area contributed by atoms with Crippen molar-refractivity contribution in [1.29, 1.82) is 0 Å². The van der Waals surface area contributed by atoms with Crippen LogP contribution in [0.25, 0.3) is 0 Å². The predicted octanol–water partition coefficient (Wildman–Crippen LogP) is 3.62. The second-order valence-electron chi connectivity index (χ2n) is 8.98. The Morgan fingerprint density at radius 1 is 1.06 bits per heavy atom. The van der Waals surface area contributed by atoms with Gasteiger partial charge in [0.1, 0.15) is 0 Å². The lowest BCUT2D eigenvalue weighted by Crippen LogP contribution is -2.53. The third kappa shape index (κ3) is 5.39. The molecule has 1 atom stereocenters. The van der Waals surface area contributed by atoms with Gasteiger partial charge in [-0.3, -0.25) is 14.6 Å². The van der Waals surface area contributed by atoms with Gasteiger partial charge in [-0.25, -0.2) is 9.59 Å². The second-order valence-corrected chi connectivity index (χ2v) is 9.39. The van der Waals surface area contributed by atoms with E-state index in [9.17, 15) is 14.4 Å². The molecule has 2 aromatic carbocycles. The third-order valence-corrected chi connectivity index (χ3v) is 6.96. The van der Waals surface area contributed by atoms with Gasteiger partial charge in [0.2, 0.25) is 0 Å². The van der Waals surface area contributed by atoms with E-state index in [0.29, 0.717) is 60.1 Å². The van der Waals surface area contributed by atoms with Gasteiger partial charge in [-0.05, 0) is 37.6 Å². The fourth-order valence-corrected chi connectivity index (χ4v) is 4.78. The number of amides is 3. The number of likely N-dealkylation sites (N-methyl/N-ethyl adjacent to an activating group) is 1. The molecule has 1 fully saturated rings. The topological polar surface area (TPSA) is 82.2 Å². The molecule has 0 spiro atoms. The number of esters is 1. The number of nitrogens with one attached hydrogen (secondary N) is 1. The molecular formula is C27H31ClN4O4. The van der Waals surface area contributed by atoms with Crippen molar-refractivity contribution in [2.24, 2.45) is 0 Å². The SMILES string of the molecule is CCOC(=O)C1=C(CN2CCN(C(=O)c3ccc(C)cc3)CC2)N(C)C(=O)NC1c1ccccc1Cl. The van der Waals surface area contributed by atoms with Crippen molar-refractivity contribution >= 4 is 29.5 Å². The highest BCUT2D eigenvalue weighted by Gasteiger charge is 2.38. The molecule has 0 saturated carbocycles. The number of aryl methyl sites for hydroxylation is 1. The summed E-state index contributed by atoms with van der Waals surface area (Å²) in [4.78, 5) is 44.4. The highest BCUT2D eigenvalue weighted by molar-refractivity contribution is 6.31. The van der Waals surface area contributed by atoms with Gasteiger partial charge in [0, 0.05) is 56.1 Å². The van der Waals surface area contributed by atoms with E-state index >= 15 is 0 Å². The third-order valence-electron chi connectivity index (χ3n) is 6.62. The average Bonchev–Trinajstić information content (AvgIpc) is 2.87. The predicted molar refractivity (Wildman–Crippen MR) is 138 cm³/mol. The highest BCUT2D eigenvalue weighted by Crippen LogP contribution is 2.34. The monoisotopic (exact) mass is 510 g/mol. The number of halogens is 1. The summed E-state index contributed by atoms with van der Waals surface area (Å²) < 4.78 is 5.39. The summed E-state index contributed by atoms with van der Waals surface area (Å²) >= 11 is 6.45. The first-order chi connectivity index (χ1) is 17.3. The van der Waals surface area contributed by atoms with Gasteiger partial charge in [-0.15, -0.1) is 0 Å². The zero-order chi connectivity index (χ0) is 25.8. The Bertz CT molecular complexity index is 1170. The molecule has 1 N–H and O–H groups in total. The molecule has 0 bridgehead atoms. The summed E-state index contributed by atoms with van der Waals surface area (Å²) in [6.07, 6.45) is 0. The van der Waals surface area contributed by atoms with Crippen LogP contribution < -0.4 is 5.32 Å². The molecule has 9 heteroatoms. The van der Waals surface area contributed by atoms with Crippen molar-refractivity contribution in [3.63, 3.8) is 0 Å². The number of carbonyl (C=O) groups excluding carboxylic acids is 3. The summed E-state index contributed by atoms with van der Waals surface area (Å²) in [5.41, 5.74) is 3.35. The number of urea groups is 1. The van der Waals surface area contributed by atoms with Crippen molar-refractivity contribution in [1.82, 2.24) is 20.0 Å². The van der Waals surface area contributed by atoms with E-state index in [1.165, 1.54) is 4.90 Å². The Kier molecular flexibility index (Phi) is 7.96. The standard InChI is InChI=1S/C27H31ClN4O4/c1-4-36-26(34)23-22(30(3)27(35)29-24(23)20-7-5-6-8-21(20)28)17-31-13-15-32(16-14-31)25(33)19-11-9-18(2)10-12-19/h5-12,24H,4,13-17H2,1-3H3,(H,29,35). The number of hydrogen-bond donors (Lipinski definition) is 1. The van der Waals surface area contributed by atoms with Crippen molar-refractivity contribution in [3.8, 4) is 0 Å². The van der Waals surface area contributed by atoms with Crippen LogP contribution in [0.5, 0.6) is 0 Å². The number of nitrogens with zero attached hydrogens (tertiary/aromatic N) is 3. The molecule has 36 heavy (non-hydrogen) atoms. The first-order valence-electron chi connectivity index (χ1n) is 12.1. The molecule has 8 nitrogen and oxygen atoms in total. The average molecular weight is 511 g/mol. The van der Waals surface area contributed by atoms with E-state index in [0.717, 1.165) is 5.56 Å². The Morgan fingerprint density at radius 3 is 2.36 bits per heavy atom. The maximum absolute atomic E-state index is 13.1. The van der Waals surface area contributed by atoms with Crippen LogP contribution in [0, 0.1) is 6.92 Å². The van der Waals surface area contributed by atoms with E-state index in [4.69, 9.17) is 16.3 Å². The highest BCUT2D eigenvalue weighted by atomic mass is 35.5. The molecule has 190 valence electrons. The maximum Gasteiger partial charge on any atom is 0.338 e. The summed E-state index contributed by atoms with van der Waals surface area (Å²) in [6, 6.07) is 13.7. The zero-order valence-corrected chi connectivity index (χ0v) is 21.5. The number of piperazine rings is 1. The molecule has 3 amide bonds. The van der Waals surface area contributed by atoms with Gasteiger partial charge in [-0.2, -0.15) is 0 Å². The molecular weight excluding hydrogens is 480 g/mol. The molecule has 0 aliphatic carbocycles. The second kappa shape index (κ2) is 11.1. The van der Waals surface area contributed by atoms with Gasteiger partial charge in [0.05, 0.1) is 18.2 Å². The van der Waals surface area contributed by atoms with E-state index in [1.807, 2.05) is 42.2 Å². The van der Waals surface area contributed by atoms with E-state index in [2.05, 4.69) is 10.2 Å². The van der Waals surface area contributed by atoms with Gasteiger partial charge in [-0.1, -0.05) is 47.5 Å². The summed E-state index contributed by atoms with van der Waals surface area (Å²) in [5.74, 6) is -0.480. The number of carbonyl (C=O) groups is 3. The van der Waals surface area contributed by atoms with Crippen LogP contribution in [0.1, 0.15) is 34.5 Å². The van der Waals surface area contributed by atoms with Gasteiger partial charge < -0.3 is 15.0 Å². The largest absolute Gasteiger partial charge is 0.463 e. The fourth-order valence-electron chi connectivity index (χ4n) is 4.54. The lowest BCUT2D eigenvalue weighted by molar-refractivity contribution is -0.139. The summed E-state index contributed by atoms with van der Waals surface area (Å²) in [5, 5.41) is 3.35. The number of hydrogen-bond acceptors (Lipinski definition) is 5. The zero-order valence-electron chi connectivity index (χ0n) is 20.8. The van der Waals surface area contributed by atoms with Crippen LogP contribution in [-0.2, 0) is 9.53 Å². The molecule has 0 radical (unpaired) electrons. The Morgan fingerprint density at radius 2 is 1.72 bits per heavy atom. The Balaban J connectivity index is 1.57. The quantitative estimate of drug-likeness (QED) is 0.600. The first-order valence-corrected chi connectivity index (χ1v) is 12.4. The van der Waals surface area contributed by atoms with Crippen LogP contribution in [0.3, 0.4) is 0 Å². The van der Waals surface area contributed by atoms with Crippen LogP contribution in [-0.4, -0.2) is 79.0 Å². The molecule has 0 aromatic heterocycles.